The lowest BCUT2D eigenvalue weighted by Gasteiger charge is -2.13. The van der Waals surface area contributed by atoms with E-state index < -0.39 is 0 Å². The summed E-state index contributed by atoms with van der Waals surface area (Å²) in [7, 11) is 0. The van der Waals surface area contributed by atoms with E-state index in [4.69, 9.17) is 19.4 Å². The van der Waals surface area contributed by atoms with E-state index in [1.165, 1.54) is 33.0 Å². The highest BCUT2D eigenvalue weighted by atomic mass is 16.3. The molecule has 2 heterocycles. The molecule has 12 rings (SSSR count). The van der Waals surface area contributed by atoms with Crippen LogP contribution in [-0.2, 0) is 0 Å². The summed E-state index contributed by atoms with van der Waals surface area (Å²) < 4.78 is 6.22. The molecule has 4 heteroatoms. The Morgan fingerprint density at radius 1 is 0.254 bits per heavy atom. The Balaban J connectivity index is 1.02. The van der Waals surface area contributed by atoms with E-state index in [1.807, 2.05) is 12.1 Å². The molecule has 0 radical (unpaired) electrons. The number of furan rings is 1. The van der Waals surface area contributed by atoms with Crippen LogP contribution in [0.25, 0.3) is 121 Å². The van der Waals surface area contributed by atoms with Crippen LogP contribution in [0.15, 0.2) is 205 Å². The Labute approximate surface area is 339 Å². The van der Waals surface area contributed by atoms with Gasteiger partial charge in [-0.05, 0) is 114 Å². The fraction of sp³-hybridized carbons (Fsp3) is 0. The lowest BCUT2D eigenvalue weighted by molar-refractivity contribution is 0.669. The molecule has 10 aromatic carbocycles. The summed E-state index contributed by atoms with van der Waals surface area (Å²) in [6.45, 7) is 0. The van der Waals surface area contributed by atoms with Crippen molar-refractivity contribution in [3.05, 3.63) is 200 Å². The SMILES string of the molecule is c1ccc(-c2ccc(-c3nc(-c4ccc5cc(-c6ccc7ccccc7c6)ccc5c4)nc(-c4ccc5cc6oc7ccccc7c6cc5c4)n3)c3ccccc23)cc1. The molecule has 0 amide bonds. The Morgan fingerprint density at radius 2 is 0.746 bits per heavy atom. The predicted octanol–water partition coefficient (Wildman–Crippen LogP) is 14.7. The molecule has 12 aromatic rings. The number of aromatic nitrogens is 3. The van der Waals surface area contributed by atoms with Crippen molar-refractivity contribution in [3.8, 4) is 56.4 Å². The highest BCUT2D eigenvalue weighted by Gasteiger charge is 2.17. The average molecular weight is 752 g/mol. The number of nitrogens with zero attached hydrogens (tertiary/aromatic N) is 3. The summed E-state index contributed by atoms with van der Waals surface area (Å²) >= 11 is 0. The average Bonchev–Trinajstić information content (AvgIpc) is 3.67. The van der Waals surface area contributed by atoms with E-state index >= 15 is 0 Å². The second-order valence-electron chi connectivity index (χ2n) is 15.2. The largest absolute Gasteiger partial charge is 0.456 e. The first-order chi connectivity index (χ1) is 29.2. The molecule has 0 bridgehead atoms. The van der Waals surface area contributed by atoms with Crippen molar-refractivity contribution in [2.45, 2.75) is 0 Å². The summed E-state index contributed by atoms with van der Waals surface area (Å²) in [5.41, 5.74) is 9.29. The summed E-state index contributed by atoms with van der Waals surface area (Å²) in [5, 5.41) is 11.4. The minimum atomic E-state index is 0.618. The van der Waals surface area contributed by atoms with Crippen molar-refractivity contribution in [3.63, 3.8) is 0 Å². The van der Waals surface area contributed by atoms with E-state index in [2.05, 4.69) is 188 Å². The van der Waals surface area contributed by atoms with Gasteiger partial charge in [0.1, 0.15) is 11.2 Å². The maximum absolute atomic E-state index is 6.22. The second kappa shape index (κ2) is 13.3. The van der Waals surface area contributed by atoms with Gasteiger partial charge >= 0.3 is 0 Å². The summed E-state index contributed by atoms with van der Waals surface area (Å²) in [6.07, 6.45) is 0. The maximum atomic E-state index is 6.22. The number of fused-ring (bicyclic) bond motifs is 7. The Bertz CT molecular complexity index is 3620. The van der Waals surface area contributed by atoms with E-state index in [0.717, 1.165) is 70.9 Å². The smallest absolute Gasteiger partial charge is 0.164 e. The van der Waals surface area contributed by atoms with Gasteiger partial charge in [-0.1, -0.05) is 152 Å². The number of para-hydroxylation sites is 1. The van der Waals surface area contributed by atoms with E-state index in [1.54, 1.807) is 0 Å². The highest BCUT2D eigenvalue weighted by Crippen LogP contribution is 2.38. The van der Waals surface area contributed by atoms with Crippen molar-refractivity contribution >= 4 is 65.0 Å². The molecule has 0 fully saturated rings. The minimum Gasteiger partial charge on any atom is -0.456 e. The Morgan fingerprint density at radius 3 is 1.47 bits per heavy atom. The van der Waals surface area contributed by atoms with Gasteiger partial charge in [-0.3, -0.25) is 0 Å². The van der Waals surface area contributed by atoms with Gasteiger partial charge in [0.25, 0.3) is 0 Å². The number of benzene rings is 10. The van der Waals surface area contributed by atoms with Crippen molar-refractivity contribution in [2.75, 3.05) is 0 Å². The first-order valence-electron chi connectivity index (χ1n) is 19.9. The normalized spacial score (nSPS) is 11.7. The van der Waals surface area contributed by atoms with Crippen LogP contribution in [0.5, 0.6) is 0 Å². The Kier molecular flexibility index (Phi) is 7.50. The van der Waals surface area contributed by atoms with Crippen molar-refractivity contribution in [1.29, 1.82) is 0 Å². The molecular weight excluding hydrogens is 719 g/mol. The van der Waals surface area contributed by atoms with Crippen molar-refractivity contribution < 1.29 is 4.42 Å². The fourth-order valence-electron chi connectivity index (χ4n) is 8.66. The second-order valence-corrected chi connectivity index (χ2v) is 15.2. The zero-order chi connectivity index (χ0) is 38.9. The molecule has 274 valence electrons. The summed E-state index contributed by atoms with van der Waals surface area (Å²) in [5.74, 6) is 1.87. The summed E-state index contributed by atoms with van der Waals surface area (Å²) in [6, 6.07) is 70.7. The molecule has 0 saturated carbocycles. The van der Waals surface area contributed by atoms with Crippen LogP contribution in [0.3, 0.4) is 0 Å². The molecule has 0 aliphatic rings. The van der Waals surface area contributed by atoms with Crippen LogP contribution < -0.4 is 0 Å². The van der Waals surface area contributed by atoms with Crippen LogP contribution in [0.1, 0.15) is 0 Å². The molecule has 59 heavy (non-hydrogen) atoms. The van der Waals surface area contributed by atoms with Gasteiger partial charge < -0.3 is 4.42 Å². The number of hydrogen-bond acceptors (Lipinski definition) is 4. The van der Waals surface area contributed by atoms with Gasteiger partial charge in [-0.2, -0.15) is 0 Å². The third kappa shape index (κ3) is 5.73. The zero-order valence-corrected chi connectivity index (χ0v) is 31.8. The molecule has 0 unspecified atom stereocenters. The van der Waals surface area contributed by atoms with Crippen LogP contribution in [-0.4, -0.2) is 15.0 Å². The molecule has 0 aliphatic heterocycles. The number of hydrogen-bond donors (Lipinski definition) is 0. The van der Waals surface area contributed by atoms with Crippen LogP contribution in [0, 0.1) is 0 Å². The molecule has 4 nitrogen and oxygen atoms in total. The van der Waals surface area contributed by atoms with Gasteiger partial charge in [0.15, 0.2) is 17.5 Å². The molecule has 0 saturated heterocycles. The first kappa shape index (κ1) is 33.2. The molecular formula is C55H33N3O. The standard InChI is InChI=1S/C55H33N3O/c1-2-11-35(12-3-1)45-26-27-49(47-15-7-6-14-46(45)47)55-57-53(42-24-22-39-29-38(20-21-40(39)30-42)37-19-18-34-10-4-5-13-36(34)28-37)56-54(58-55)43-25-23-41-33-52-50(32-44(41)31-43)48-16-8-9-17-51(48)59-52/h1-33H. The van der Waals surface area contributed by atoms with Crippen LogP contribution in [0.4, 0.5) is 0 Å². The number of rotatable bonds is 5. The maximum Gasteiger partial charge on any atom is 0.164 e. The fourth-order valence-corrected chi connectivity index (χ4v) is 8.66. The Hall–Kier alpha value is -7.95. The van der Waals surface area contributed by atoms with Gasteiger partial charge in [0.2, 0.25) is 0 Å². The molecule has 0 aliphatic carbocycles. The topological polar surface area (TPSA) is 51.8 Å². The van der Waals surface area contributed by atoms with Gasteiger partial charge in [0, 0.05) is 27.5 Å². The highest BCUT2D eigenvalue weighted by molar-refractivity contribution is 6.10. The van der Waals surface area contributed by atoms with Gasteiger partial charge in [-0.25, -0.2) is 15.0 Å². The lowest BCUT2D eigenvalue weighted by Crippen LogP contribution is -2.01. The van der Waals surface area contributed by atoms with Gasteiger partial charge in [0.05, 0.1) is 0 Å². The first-order valence-corrected chi connectivity index (χ1v) is 19.9. The monoisotopic (exact) mass is 751 g/mol. The van der Waals surface area contributed by atoms with E-state index in [9.17, 15) is 0 Å². The third-order valence-electron chi connectivity index (χ3n) is 11.7. The van der Waals surface area contributed by atoms with E-state index in [0.29, 0.717) is 17.5 Å². The van der Waals surface area contributed by atoms with Crippen LogP contribution in [0.2, 0.25) is 0 Å². The van der Waals surface area contributed by atoms with E-state index in [-0.39, 0.29) is 0 Å². The van der Waals surface area contributed by atoms with Crippen molar-refractivity contribution in [1.82, 2.24) is 15.0 Å². The molecule has 0 atom stereocenters. The zero-order valence-electron chi connectivity index (χ0n) is 31.8. The predicted molar refractivity (Wildman–Crippen MR) is 244 cm³/mol. The third-order valence-corrected chi connectivity index (χ3v) is 11.7. The molecule has 0 spiro atoms. The minimum absolute atomic E-state index is 0.618. The molecule has 0 N–H and O–H groups in total. The summed E-state index contributed by atoms with van der Waals surface area (Å²) in [4.78, 5) is 15.7. The van der Waals surface area contributed by atoms with Crippen LogP contribution >= 0.6 is 0 Å². The quantitative estimate of drug-likeness (QED) is 0.176. The van der Waals surface area contributed by atoms with Crippen molar-refractivity contribution in [2.24, 2.45) is 0 Å². The lowest BCUT2D eigenvalue weighted by atomic mass is 9.94. The van der Waals surface area contributed by atoms with Gasteiger partial charge in [-0.15, -0.1) is 0 Å². The molecule has 2 aromatic heterocycles.